The van der Waals surface area contributed by atoms with Gasteiger partial charge in [-0.1, -0.05) is 0 Å². The Kier molecular flexibility index (Phi) is 7.59. The topological polar surface area (TPSA) is 251 Å². The Bertz CT molecular complexity index is 1920. The lowest BCUT2D eigenvalue weighted by molar-refractivity contribution is -0.155. The van der Waals surface area contributed by atoms with E-state index in [1.54, 1.807) is 6.92 Å². The Morgan fingerprint density at radius 3 is 2.29 bits per heavy atom. The number of hydrogen-bond donors (Lipinski definition) is 6. The number of carbonyl (C=O) groups is 6. The molecule has 0 spiro atoms. The molecule has 4 aliphatic rings. The Balaban J connectivity index is 1.57. The van der Waals surface area contributed by atoms with Gasteiger partial charge in [0.25, 0.3) is 0 Å². The van der Waals surface area contributed by atoms with Gasteiger partial charge in [0.15, 0.2) is 34.4 Å². The summed E-state index contributed by atoms with van der Waals surface area (Å²) in [6.45, 7) is 2.62. The molecule has 48 heavy (non-hydrogen) atoms. The zero-order valence-electron chi connectivity index (χ0n) is 25.8. The van der Waals surface area contributed by atoms with E-state index in [9.17, 15) is 54.3 Å². The molecule has 0 fully saturated rings. The number of fused-ring (bicyclic) bond motifs is 8. The highest BCUT2D eigenvalue weighted by atomic mass is 16.6. The van der Waals surface area contributed by atoms with E-state index >= 15 is 0 Å². The highest BCUT2D eigenvalue weighted by Crippen LogP contribution is 2.62. The first-order chi connectivity index (χ1) is 22.5. The molecule has 6 rings (SSSR count). The third-order valence-corrected chi connectivity index (χ3v) is 9.42. The first-order valence-corrected chi connectivity index (χ1v) is 14.9. The molecule has 252 valence electrons. The Morgan fingerprint density at radius 1 is 1.00 bits per heavy atom. The van der Waals surface area contributed by atoms with E-state index < -0.39 is 135 Å². The largest absolute Gasteiger partial charge is 0.507 e. The predicted molar refractivity (Wildman–Crippen MR) is 157 cm³/mol. The Hall–Kier alpha value is -5.28. The number of phenols is 4. The van der Waals surface area contributed by atoms with Crippen LogP contribution in [0.5, 0.6) is 23.0 Å². The summed E-state index contributed by atoms with van der Waals surface area (Å²) in [6, 6.07) is 1.45. The number of Topliss-reactive ketones (excluding diaryl/α,β-unsaturated/α-hetero) is 3. The highest BCUT2D eigenvalue weighted by Gasteiger charge is 2.64. The second kappa shape index (κ2) is 11.2. The minimum atomic E-state index is -2.14. The van der Waals surface area contributed by atoms with Gasteiger partial charge in [-0.05, 0) is 25.0 Å². The minimum absolute atomic E-state index is 0.0426. The van der Waals surface area contributed by atoms with Crippen molar-refractivity contribution in [2.24, 2.45) is 5.92 Å². The van der Waals surface area contributed by atoms with Crippen molar-refractivity contribution in [3.63, 3.8) is 0 Å². The molecule has 0 aromatic heterocycles. The zero-order chi connectivity index (χ0) is 35.1. The van der Waals surface area contributed by atoms with Crippen LogP contribution >= 0.6 is 0 Å². The van der Waals surface area contributed by atoms with Crippen molar-refractivity contribution in [1.29, 1.82) is 0 Å². The van der Waals surface area contributed by atoms with Crippen LogP contribution in [-0.4, -0.2) is 85.2 Å². The molecule has 1 aliphatic heterocycles. The van der Waals surface area contributed by atoms with Crippen LogP contribution in [0.1, 0.15) is 92.5 Å². The number of carbonyl (C=O) groups excluding carboxylic acids is 5. The summed E-state index contributed by atoms with van der Waals surface area (Å²) in [4.78, 5) is 78.6. The summed E-state index contributed by atoms with van der Waals surface area (Å²) in [5.41, 5.74) is -5.23. The number of hydrogen-bond acceptors (Lipinski definition) is 14. The molecule has 0 amide bonds. The van der Waals surface area contributed by atoms with Crippen molar-refractivity contribution < 1.29 is 73.6 Å². The van der Waals surface area contributed by atoms with E-state index in [4.69, 9.17) is 19.3 Å². The number of phenolic OH excluding ortho intramolecular Hbond substituents is 4. The number of ketones is 3. The fourth-order valence-corrected chi connectivity index (χ4v) is 7.63. The fraction of sp³-hybridized carbons (Fsp3) is 0.394. The third kappa shape index (κ3) is 4.56. The molecular formula is C33H30O15. The number of carboxylic acid groups (broad SMARTS) is 1. The molecule has 5 unspecified atom stereocenters. The fourth-order valence-electron chi connectivity index (χ4n) is 7.63. The normalized spacial score (nSPS) is 24.3. The van der Waals surface area contributed by atoms with E-state index in [2.05, 4.69) is 0 Å². The summed E-state index contributed by atoms with van der Waals surface area (Å²) >= 11 is 0. The van der Waals surface area contributed by atoms with Gasteiger partial charge in [0, 0.05) is 42.0 Å². The number of rotatable bonds is 7. The number of methoxy groups -OCH3 is 1. The van der Waals surface area contributed by atoms with Crippen LogP contribution < -0.4 is 0 Å². The van der Waals surface area contributed by atoms with Gasteiger partial charge in [-0.25, -0.2) is 0 Å². The highest BCUT2D eigenvalue weighted by molar-refractivity contribution is 6.33. The van der Waals surface area contributed by atoms with E-state index in [0.717, 1.165) is 6.92 Å². The van der Waals surface area contributed by atoms with Crippen LogP contribution in [0.3, 0.4) is 0 Å². The first-order valence-electron chi connectivity index (χ1n) is 14.9. The maximum Gasteiger partial charge on any atom is 0.308 e. The Labute approximate surface area is 271 Å². The number of aromatic hydroxyl groups is 4. The van der Waals surface area contributed by atoms with Crippen molar-refractivity contribution in [2.45, 2.75) is 69.9 Å². The molecule has 15 heteroatoms. The predicted octanol–water partition coefficient (Wildman–Crippen LogP) is 1.80. The number of esters is 2. The van der Waals surface area contributed by atoms with Crippen LogP contribution in [0.4, 0.5) is 0 Å². The van der Waals surface area contributed by atoms with E-state index in [1.807, 2.05) is 0 Å². The molecule has 1 heterocycles. The van der Waals surface area contributed by atoms with Crippen LogP contribution in [-0.2, 0) is 47.0 Å². The average molecular weight is 667 g/mol. The number of aliphatic hydroxyl groups excluding tert-OH is 1. The maximum absolute atomic E-state index is 14.5. The zero-order valence-corrected chi connectivity index (χ0v) is 25.8. The van der Waals surface area contributed by atoms with Crippen LogP contribution in [0.15, 0.2) is 17.2 Å². The quantitative estimate of drug-likeness (QED) is 0.140. The lowest BCUT2D eigenvalue weighted by Crippen LogP contribution is -2.41. The van der Waals surface area contributed by atoms with Gasteiger partial charge in [0.05, 0.1) is 66.4 Å². The summed E-state index contributed by atoms with van der Waals surface area (Å²) in [5.74, 6) is -11.3. The van der Waals surface area contributed by atoms with Crippen molar-refractivity contribution in [3.8, 4) is 23.0 Å². The monoisotopic (exact) mass is 666 g/mol. The number of carboxylic acids is 1. The molecule has 6 N–H and O–H groups in total. The molecule has 15 nitrogen and oxygen atoms in total. The van der Waals surface area contributed by atoms with Gasteiger partial charge < -0.3 is 44.8 Å². The molecule has 0 saturated heterocycles. The lowest BCUT2D eigenvalue weighted by atomic mass is 9.72. The molecule has 0 saturated carbocycles. The second-order valence-electron chi connectivity index (χ2n) is 12.3. The van der Waals surface area contributed by atoms with Crippen LogP contribution in [0, 0.1) is 5.92 Å². The smallest absolute Gasteiger partial charge is 0.308 e. The van der Waals surface area contributed by atoms with Gasteiger partial charge in [-0.3, -0.25) is 28.8 Å². The van der Waals surface area contributed by atoms with E-state index in [0.29, 0.717) is 5.56 Å². The third-order valence-electron chi connectivity index (χ3n) is 9.42. The van der Waals surface area contributed by atoms with E-state index in [1.165, 1.54) is 13.2 Å². The van der Waals surface area contributed by atoms with Gasteiger partial charge in [0.2, 0.25) is 0 Å². The Morgan fingerprint density at radius 2 is 1.67 bits per heavy atom. The number of allylic oxidation sites excluding steroid dienone is 1. The summed E-state index contributed by atoms with van der Waals surface area (Å²) in [7, 11) is 1.21. The number of aliphatic hydroxyl groups is 1. The number of benzene rings is 2. The number of ether oxygens (including phenoxy) is 3. The van der Waals surface area contributed by atoms with Crippen LogP contribution in [0.25, 0.3) is 0 Å². The molecule has 3 aliphatic carbocycles. The number of aliphatic carboxylic acids is 1. The van der Waals surface area contributed by atoms with Crippen molar-refractivity contribution in [3.05, 3.63) is 56.2 Å². The summed E-state index contributed by atoms with van der Waals surface area (Å²) in [5, 5.41) is 63.8. The van der Waals surface area contributed by atoms with Gasteiger partial charge in [-0.15, -0.1) is 0 Å². The summed E-state index contributed by atoms with van der Waals surface area (Å²) < 4.78 is 16.5. The molecule has 5 atom stereocenters. The SMILES string of the molecule is COC(=O)CC1Cc2cc3c(c(O)c2C(C)O1)C(=O)C1CC3(OC(C)=O)C2=C1C(=O)c1c(O)c(O)c(CC(O)CC(=O)O)c(O)c1C2=O. The molecule has 2 bridgehead atoms. The van der Waals surface area contributed by atoms with Crippen LogP contribution in [0.2, 0.25) is 0 Å². The lowest BCUT2D eigenvalue weighted by Gasteiger charge is -2.39. The summed E-state index contributed by atoms with van der Waals surface area (Å²) in [6.07, 6.45) is -5.34. The molecule has 2 aromatic carbocycles. The standard InChI is InChI=1S/C33H30O15/c1-10-20-12(4-14(47-10)8-19(38)46-3)5-17-22(29(20)42)27(40)16-9-33(17,48-11(2)34)25-21(16)30(43)24-23(31(25)44)26(39)15(28(41)32(24)45)6-13(35)7-18(36)37/h5,10,13-14,16,35,39,41-42,45H,4,6-9H2,1-3H3,(H,36,37). The molecule has 0 radical (unpaired) electrons. The second-order valence-corrected chi connectivity index (χ2v) is 12.3. The molecular weight excluding hydrogens is 636 g/mol. The van der Waals surface area contributed by atoms with Gasteiger partial charge >= 0.3 is 17.9 Å². The van der Waals surface area contributed by atoms with E-state index in [-0.39, 0.29) is 29.5 Å². The average Bonchev–Trinajstić information content (AvgIpc) is 3.30. The maximum atomic E-state index is 14.5. The van der Waals surface area contributed by atoms with Crippen molar-refractivity contribution in [1.82, 2.24) is 0 Å². The van der Waals surface area contributed by atoms with Crippen molar-refractivity contribution in [2.75, 3.05) is 7.11 Å². The van der Waals surface area contributed by atoms with Gasteiger partial charge in [-0.2, -0.15) is 0 Å². The molecule has 2 aromatic rings. The van der Waals surface area contributed by atoms with Gasteiger partial charge in [0.1, 0.15) is 11.5 Å². The first kappa shape index (κ1) is 32.7. The minimum Gasteiger partial charge on any atom is -0.507 e. The van der Waals surface area contributed by atoms with Crippen molar-refractivity contribution >= 4 is 35.3 Å².